The van der Waals surface area contributed by atoms with Crippen LogP contribution < -0.4 is 9.47 Å². The quantitative estimate of drug-likeness (QED) is 0.441. The molecule has 9 heteroatoms. The van der Waals surface area contributed by atoms with Crippen LogP contribution in [0.15, 0.2) is 36.4 Å². The molecule has 0 bridgehead atoms. The van der Waals surface area contributed by atoms with E-state index in [0.29, 0.717) is 21.5 Å². The fourth-order valence-corrected chi connectivity index (χ4v) is 6.04. The molecule has 2 aromatic rings. The maximum absolute atomic E-state index is 12.4. The van der Waals surface area contributed by atoms with E-state index in [4.69, 9.17) is 32.7 Å². The lowest BCUT2D eigenvalue weighted by atomic mass is 9.90. The van der Waals surface area contributed by atoms with Gasteiger partial charge < -0.3 is 9.47 Å². The summed E-state index contributed by atoms with van der Waals surface area (Å²) in [6.07, 6.45) is -0.224. The van der Waals surface area contributed by atoms with E-state index in [-0.39, 0.29) is 24.3 Å². The van der Waals surface area contributed by atoms with Crippen LogP contribution >= 0.6 is 23.2 Å². The van der Waals surface area contributed by atoms with Crippen molar-refractivity contribution in [3.63, 3.8) is 0 Å². The monoisotopic (exact) mass is 484 g/mol. The maximum atomic E-state index is 12.4. The second-order valence-corrected chi connectivity index (χ2v) is 10.7. The zero-order chi connectivity index (χ0) is 22.8. The van der Waals surface area contributed by atoms with Crippen molar-refractivity contribution in [1.29, 1.82) is 0 Å². The summed E-state index contributed by atoms with van der Waals surface area (Å²) >= 11 is 11.9. The number of sulfone groups is 1. The molecule has 0 amide bonds. The Kier molecular flexibility index (Phi) is 7.29. The van der Waals surface area contributed by atoms with Gasteiger partial charge in [-0.05, 0) is 73.2 Å². The third-order valence-electron chi connectivity index (χ3n) is 5.18. The Hall–Kier alpha value is -2.09. The van der Waals surface area contributed by atoms with E-state index in [0.717, 1.165) is 11.1 Å². The van der Waals surface area contributed by atoms with Gasteiger partial charge >= 0.3 is 11.9 Å². The third kappa shape index (κ3) is 6.45. The molecular formula is C22H22Cl2O6S. The minimum Gasteiger partial charge on any atom is -0.427 e. The summed E-state index contributed by atoms with van der Waals surface area (Å²) < 4.78 is 35.0. The molecule has 0 radical (unpaired) electrons. The van der Waals surface area contributed by atoms with Crippen LogP contribution in [0.3, 0.4) is 0 Å². The summed E-state index contributed by atoms with van der Waals surface area (Å²) in [5.74, 6) is -1.83. The Labute approximate surface area is 191 Å². The average molecular weight is 485 g/mol. The van der Waals surface area contributed by atoms with Crippen LogP contribution in [0.4, 0.5) is 0 Å². The zero-order valence-corrected chi connectivity index (χ0v) is 19.4. The van der Waals surface area contributed by atoms with Crippen LogP contribution in [-0.2, 0) is 19.4 Å². The Morgan fingerprint density at radius 2 is 1.23 bits per heavy atom. The van der Waals surface area contributed by atoms with Crippen molar-refractivity contribution in [2.75, 3.05) is 11.5 Å². The van der Waals surface area contributed by atoms with E-state index in [1.807, 2.05) is 0 Å². The van der Waals surface area contributed by atoms with Crippen molar-refractivity contribution in [2.24, 2.45) is 11.8 Å². The molecule has 2 atom stereocenters. The maximum Gasteiger partial charge on any atom is 0.311 e. The lowest BCUT2D eigenvalue weighted by Gasteiger charge is -2.17. The summed E-state index contributed by atoms with van der Waals surface area (Å²) in [6.45, 7) is 3.57. The number of benzene rings is 2. The van der Waals surface area contributed by atoms with E-state index in [9.17, 15) is 18.0 Å². The van der Waals surface area contributed by atoms with Crippen molar-refractivity contribution < 1.29 is 27.5 Å². The van der Waals surface area contributed by atoms with Crippen molar-refractivity contribution in [3.05, 3.63) is 57.6 Å². The fourth-order valence-electron chi connectivity index (χ4n) is 3.58. The van der Waals surface area contributed by atoms with Gasteiger partial charge in [-0.2, -0.15) is 0 Å². The number of carbonyl (C=O) groups is 2. The van der Waals surface area contributed by atoms with E-state index >= 15 is 0 Å². The molecule has 0 spiro atoms. The first-order chi connectivity index (χ1) is 14.5. The van der Waals surface area contributed by atoms with E-state index < -0.39 is 33.6 Å². The number of hydrogen-bond donors (Lipinski definition) is 0. The lowest BCUT2D eigenvalue weighted by molar-refractivity contribution is -0.138. The van der Waals surface area contributed by atoms with Gasteiger partial charge in [-0.15, -0.1) is 0 Å². The zero-order valence-electron chi connectivity index (χ0n) is 17.1. The topological polar surface area (TPSA) is 86.7 Å². The molecule has 1 aliphatic heterocycles. The normalized spacial score (nSPS) is 19.7. The van der Waals surface area contributed by atoms with E-state index in [2.05, 4.69) is 0 Å². The van der Waals surface area contributed by atoms with Crippen molar-refractivity contribution in [1.82, 2.24) is 0 Å². The summed E-state index contributed by atoms with van der Waals surface area (Å²) in [4.78, 5) is 24.8. The first-order valence-corrected chi connectivity index (χ1v) is 12.2. The molecule has 0 saturated carbocycles. The van der Waals surface area contributed by atoms with Crippen molar-refractivity contribution >= 4 is 45.0 Å². The highest BCUT2D eigenvalue weighted by Crippen LogP contribution is 2.32. The highest BCUT2D eigenvalue weighted by Gasteiger charge is 2.40. The van der Waals surface area contributed by atoms with Gasteiger partial charge in [0.2, 0.25) is 0 Å². The largest absolute Gasteiger partial charge is 0.427 e. The van der Waals surface area contributed by atoms with Crippen molar-refractivity contribution in [3.8, 4) is 11.5 Å². The molecular weight excluding hydrogens is 463 g/mol. The van der Waals surface area contributed by atoms with Crippen LogP contribution in [0.5, 0.6) is 11.5 Å². The second-order valence-electron chi connectivity index (χ2n) is 7.78. The van der Waals surface area contributed by atoms with Gasteiger partial charge in [0.1, 0.15) is 11.5 Å². The predicted molar refractivity (Wildman–Crippen MR) is 119 cm³/mol. The minimum atomic E-state index is -3.36. The van der Waals surface area contributed by atoms with Gasteiger partial charge in [-0.1, -0.05) is 23.2 Å². The lowest BCUT2D eigenvalue weighted by Crippen LogP contribution is -2.23. The summed E-state index contributed by atoms with van der Waals surface area (Å²) in [5.41, 5.74) is 1.52. The standard InChI is InChI=1S/C22H22Cl2O6S/c1-13-7-17(3-5-19(13)23)29-21(25)9-15-11-31(27,28)12-16(15)10-22(26)30-18-4-6-20(24)14(2)8-18/h3-8,15-16H,9-12H2,1-2H3/t15-,16-/m1/s1. The molecule has 0 aliphatic carbocycles. The molecule has 3 rings (SSSR count). The van der Waals surface area contributed by atoms with Crippen LogP contribution in [0.1, 0.15) is 24.0 Å². The van der Waals surface area contributed by atoms with Gasteiger partial charge in [0.05, 0.1) is 24.3 Å². The van der Waals surface area contributed by atoms with Crippen molar-refractivity contribution in [2.45, 2.75) is 26.7 Å². The molecule has 0 aromatic heterocycles. The number of esters is 2. The first-order valence-electron chi connectivity index (χ1n) is 9.66. The van der Waals surface area contributed by atoms with Crippen LogP contribution in [0.25, 0.3) is 0 Å². The van der Waals surface area contributed by atoms with Crippen LogP contribution in [0.2, 0.25) is 10.0 Å². The number of rotatable bonds is 6. The number of hydrogen-bond acceptors (Lipinski definition) is 6. The fraction of sp³-hybridized carbons (Fsp3) is 0.364. The third-order valence-corrected chi connectivity index (χ3v) is 7.90. The summed E-state index contributed by atoms with van der Waals surface area (Å²) in [5, 5.41) is 1.10. The van der Waals surface area contributed by atoms with Gasteiger partial charge in [0, 0.05) is 10.0 Å². The van der Waals surface area contributed by atoms with Gasteiger partial charge in [0.15, 0.2) is 9.84 Å². The van der Waals surface area contributed by atoms with E-state index in [1.54, 1.807) is 50.2 Å². The molecule has 166 valence electrons. The predicted octanol–water partition coefficient (Wildman–Crippen LogP) is 4.56. The molecule has 0 unspecified atom stereocenters. The first kappa shape index (κ1) is 23.6. The van der Waals surface area contributed by atoms with Gasteiger partial charge in [0.25, 0.3) is 0 Å². The smallest absolute Gasteiger partial charge is 0.311 e. The van der Waals surface area contributed by atoms with Crippen LogP contribution in [-0.4, -0.2) is 31.9 Å². The number of carbonyl (C=O) groups excluding carboxylic acids is 2. The summed E-state index contributed by atoms with van der Waals surface area (Å²) in [6, 6.07) is 9.65. The number of aryl methyl sites for hydroxylation is 2. The number of ether oxygens (including phenoxy) is 2. The Morgan fingerprint density at radius 3 is 1.58 bits per heavy atom. The Balaban J connectivity index is 1.63. The number of halogens is 2. The average Bonchev–Trinajstić information content (AvgIpc) is 2.94. The molecule has 1 aliphatic rings. The molecule has 6 nitrogen and oxygen atoms in total. The molecule has 1 fully saturated rings. The van der Waals surface area contributed by atoms with Crippen LogP contribution in [0, 0.1) is 25.7 Å². The SMILES string of the molecule is Cc1cc(OC(=O)C[C@@H]2CS(=O)(=O)C[C@H]2CC(=O)Oc2ccc(Cl)c(C)c2)ccc1Cl. The Bertz CT molecular complexity index is 1030. The molecule has 31 heavy (non-hydrogen) atoms. The Morgan fingerprint density at radius 1 is 0.839 bits per heavy atom. The molecule has 0 N–H and O–H groups in total. The van der Waals surface area contributed by atoms with Gasteiger partial charge in [-0.25, -0.2) is 8.42 Å². The summed E-state index contributed by atoms with van der Waals surface area (Å²) in [7, 11) is -3.36. The second kappa shape index (κ2) is 9.59. The minimum absolute atomic E-state index is 0.112. The molecule has 1 saturated heterocycles. The molecule has 1 heterocycles. The molecule has 2 aromatic carbocycles. The highest BCUT2D eigenvalue weighted by atomic mass is 35.5. The van der Waals surface area contributed by atoms with E-state index in [1.165, 1.54) is 0 Å². The highest BCUT2D eigenvalue weighted by molar-refractivity contribution is 7.91. The van der Waals surface area contributed by atoms with Gasteiger partial charge in [-0.3, -0.25) is 9.59 Å².